The number of aryl methyl sites for hydroxylation is 1. The van der Waals surface area contributed by atoms with E-state index >= 15 is 0 Å². The fourth-order valence-electron chi connectivity index (χ4n) is 11.6. The molecule has 7 heterocycles. The fraction of sp³-hybridized carbons (Fsp3) is 0.435. The zero-order chi connectivity index (χ0) is 59.0. The Morgan fingerprint density at radius 1 is 0.535 bits per heavy atom. The molecule has 7 aromatic rings. The van der Waals surface area contributed by atoms with Crippen LogP contribution < -0.4 is 16.0 Å². The van der Waals surface area contributed by atoms with Gasteiger partial charge < -0.3 is 44.9 Å². The van der Waals surface area contributed by atoms with Crippen LogP contribution in [0.4, 0.5) is 32.2 Å². The van der Waals surface area contributed by atoms with Crippen molar-refractivity contribution in [3.8, 4) is 6.07 Å². The molecule has 0 saturated carbocycles. The number of rotatable bonds is 16. The summed E-state index contributed by atoms with van der Waals surface area (Å²) in [6.45, 7) is 4.14. The van der Waals surface area contributed by atoms with Gasteiger partial charge in [-0.15, -0.1) is 21.8 Å². The summed E-state index contributed by atoms with van der Waals surface area (Å²) in [6.07, 6.45) is 15.4. The van der Waals surface area contributed by atoms with Crippen molar-refractivity contribution < 1.29 is 28.6 Å². The van der Waals surface area contributed by atoms with E-state index in [4.69, 9.17) is 41.0 Å². The summed E-state index contributed by atoms with van der Waals surface area (Å²) < 4.78 is 15.8. The number of nitrogens with one attached hydrogen (secondary N) is 4. The number of tetrazole rings is 1. The Labute approximate surface area is 504 Å². The van der Waals surface area contributed by atoms with Gasteiger partial charge in [0.1, 0.15) is 0 Å². The van der Waals surface area contributed by atoms with E-state index in [0.29, 0.717) is 152 Å². The Balaban J connectivity index is 0.000000134. The Hall–Kier alpha value is -9.04. The summed E-state index contributed by atoms with van der Waals surface area (Å²) in [5.41, 5.74) is 14.3. The monoisotopic (exact) mass is 1180 g/mol. The number of hydrogen-bond donors (Lipinski definition) is 4. The number of benzene rings is 3. The molecule has 446 valence electrons. The molecule has 86 heavy (non-hydrogen) atoms. The number of ether oxygens (including phenoxy) is 3. The van der Waals surface area contributed by atoms with Crippen molar-refractivity contribution in [1.29, 1.82) is 5.26 Å². The molecule has 0 radical (unpaired) electrons. The number of nitriles is 1. The second kappa shape index (κ2) is 28.7. The van der Waals surface area contributed by atoms with Gasteiger partial charge in [0.2, 0.25) is 17.8 Å². The first-order valence-electron chi connectivity index (χ1n) is 29.6. The van der Waals surface area contributed by atoms with Crippen molar-refractivity contribution in [3.05, 3.63) is 164 Å². The van der Waals surface area contributed by atoms with E-state index in [1.165, 1.54) is 33.4 Å². The smallest absolute Gasteiger partial charge is 0.410 e. The first-order valence-corrected chi connectivity index (χ1v) is 30.2. The average Bonchev–Trinajstić information content (AvgIpc) is 4.08. The molecule has 0 spiro atoms. The molecule has 0 saturated heterocycles. The topological polar surface area (TPSA) is 280 Å². The standard InChI is InChI=1S/C21H24N8O2.C21H23N5O2.C20H23ClN4O2/c30-21(31-9-3-6-19-25-27-28-26-19)29-8-7-18-16(13-29)12-22-20(24-18)23-17-10-14-4-1-2-5-15(14)11-17;22-8-3-4-10-28-21(27)26-9-7-19-17(14-26)13-23-20(25-19)24-18-11-15-5-1-2-6-16(15)12-18;21-7-3-9-27-20(26)25-8-6-18-16(13-25)12-22-19(24-18)23-17-10-14-4-1-2-5-15(14)11-17/h1-2,4-5,12,17H,3,6-11,13H2,(H,22,23,24)(H,25,26,27,28);1-2,5-6,13,18H,3-4,7,9-12,14H2,(H,23,24,25);1-2,4-5,12,17H,3,6-11,13H2,(H,22,23,24). The molecule has 0 fully saturated rings. The van der Waals surface area contributed by atoms with Crippen LogP contribution in [0.2, 0.25) is 0 Å². The summed E-state index contributed by atoms with van der Waals surface area (Å²) >= 11 is 5.61. The lowest BCUT2D eigenvalue weighted by Crippen LogP contribution is -2.37. The van der Waals surface area contributed by atoms with Gasteiger partial charge in [-0.1, -0.05) is 78.0 Å². The van der Waals surface area contributed by atoms with E-state index in [2.05, 4.69) is 129 Å². The number of nitrogens with zero attached hydrogens (tertiary/aromatic N) is 13. The molecule has 24 heteroatoms. The van der Waals surface area contributed by atoms with E-state index in [1.807, 2.05) is 24.7 Å². The van der Waals surface area contributed by atoms with Crippen LogP contribution in [0.1, 0.15) is 98.7 Å². The molecule has 13 rings (SSSR count). The van der Waals surface area contributed by atoms with Crippen molar-refractivity contribution in [1.82, 2.24) is 65.2 Å². The van der Waals surface area contributed by atoms with Gasteiger partial charge in [-0.05, 0) is 91.2 Å². The lowest BCUT2D eigenvalue weighted by molar-refractivity contribution is 0.0958. The molecule has 3 aliphatic carbocycles. The minimum Gasteiger partial charge on any atom is -0.449 e. The number of aromatic amines is 1. The second-order valence-corrected chi connectivity index (χ2v) is 22.5. The summed E-state index contributed by atoms with van der Waals surface area (Å²) in [5.74, 6) is 3.10. The number of carbonyl (C=O) groups excluding carboxylic acids is 3. The summed E-state index contributed by atoms with van der Waals surface area (Å²) in [4.78, 5) is 69.2. The van der Waals surface area contributed by atoms with Crippen molar-refractivity contribution in [2.24, 2.45) is 0 Å². The van der Waals surface area contributed by atoms with Gasteiger partial charge in [0, 0.05) is 111 Å². The number of alkyl halides is 1. The van der Waals surface area contributed by atoms with Crippen molar-refractivity contribution in [2.45, 2.75) is 128 Å². The van der Waals surface area contributed by atoms with Crippen molar-refractivity contribution in [3.63, 3.8) is 0 Å². The molecule has 0 bridgehead atoms. The van der Waals surface area contributed by atoms with E-state index in [0.717, 1.165) is 72.3 Å². The third kappa shape index (κ3) is 15.4. The van der Waals surface area contributed by atoms with Crippen LogP contribution in [0.15, 0.2) is 91.4 Å². The molecule has 3 amide bonds. The van der Waals surface area contributed by atoms with Gasteiger partial charge in [0.05, 0.1) is 62.6 Å². The van der Waals surface area contributed by atoms with Gasteiger partial charge in [-0.3, -0.25) is 0 Å². The minimum absolute atomic E-state index is 0.277. The summed E-state index contributed by atoms with van der Waals surface area (Å²) in [7, 11) is 0. The Morgan fingerprint density at radius 2 is 0.895 bits per heavy atom. The third-order valence-electron chi connectivity index (χ3n) is 16.1. The number of unbranched alkanes of at least 4 members (excludes halogenated alkanes) is 1. The van der Waals surface area contributed by atoms with Crippen LogP contribution in [-0.2, 0) is 98.1 Å². The molecular weight excluding hydrogens is 1110 g/mol. The first kappa shape index (κ1) is 58.7. The predicted molar refractivity (Wildman–Crippen MR) is 319 cm³/mol. The molecule has 4 N–H and O–H groups in total. The molecule has 6 aliphatic rings. The maximum atomic E-state index is 12.4. The van der Waals surface area contributed by atoms with Gasteiger partial charge in [-0.25, -0.2) is 44.3 Å². The number of fused-ring (bicyclic) bond motifs is 6. The average molecular weight is 1180 g/mol. The van der Waals surface area contributed by atoms with E-state index in [9.17, 15) is 14.4 Å². The highest BCUT2D eigenvalue weighted by Crippen LogP contribution is 2.28. The predicted octanol–water partition coefficient (Wildman–Crippen LogP) is 7.73. The van der Waals surface area contributed by atoms with Crippen molar-refractivity contribution in [2.75, 3.05) is 61.3 Å². The molecule has 3 aromatic carbocycles. The number of H-pyrrole nitrogens is 1. The number of aromatic nitrogens is 10. The molecule has 0 atom stereocenters. The van der Waals surface area contributed by atoms with Crippen LogP contribution >= 0.6 is 11.6 Å². The Bertz CT molecular complexity index is 3440. The molecule has 4 aromatic heterocycles. The van der Waals surface area contributed by atoms with Crippen LogP contribution in [0.25, 0.3) is 0 Å². The number of anilines is 3. The van der Waals surface area contributed by atoms with E-state index in [-0.39, 0.29) is 24.9 Å². The highest BCUT2D eigenvalue weighted by Gasteiger charge is 2.29. The lowest BCUT2D eigenvalue weighted by Gasteiger charge is -2.27. The summed E-state index contributed by atoms with van der Waals surface area (Å²) in [6, 6.07) is 28.6. The minimum atomic E-state index is -0.338. The van der Waals surface area contributed by atoms with Crippen LogP contribution in [-0.4, -0.2) is 147 Å². The molecule has 23 nitrogen and oxygen atoms in total. The van der Waals surface area contributed by atoms with Gasteiger partial charge >= 0.3 is 18.3 Å². The molecule has 0 unspecified atom stereocenters. The highest BCUT2D eigenvalue weighted by molar-refractivity contribution is 6.17. The first-order chi connectivity index (χ1) is 42.2. The van der Waals surface area contributed by atoms with Gasteiger partial charge in [0.25, 0.3) is 0 Å². The maximum absolute atomic E-state index is 12.4. The zero-order valence-corrected chi connectivity index (χ0v) is 48.8. The number of amides is 3. The number of halogens is 1. The van der Waals surface area contributed by atoms with Crippen LogP contribution in [0.5, 0.6) is 0 Å². The summed E-state index contributed by atoms with van der Waals surface area (Å²) in [5, 5.41) is 32.6. The highest BCUT2D eigenvalue weighted by atomic mass is 35.5. The van der Waals surface area contributed by atoms with Gasteiger partial charge in [-0.2, -0.15) is 10.5 Å². The third-order valence-corrected chi connectivity index (χ3v) is 16.3. The van der Waals surface area contributed by atoms with Crippen LogP contribution in [0, 0.1) is 11.3 Å². The quantitative estimate of drug-likeness (QED) is 0.0409. The lowest BCUT2D eigenvalue weighted by atomic mass is 10.1. The largest absolute Gasteiger partial charge is 0.449 e. The van der Waals surface area contributed by atoms with E-state index in [1.54, 1.807) is 14.7 Å². The molecular formula is C62H70ClN17O6. The molecule has 3 aliphatic heterocycles. The van der Waals surface area contributed by atoms with E-state index < -0.39 is 0 Å². The Kier molecular flexibility index (Phi) is 19.6. The normalized spacial score (nSPS) is 15.6. The fourth-order valence-corrected chi connectivity index (χ4v) is 11.7. The Morgan fingerprint density at radius 3 is 1.23 bits per heavy atom. The zero-order valence-electron chi connectivity index (χ0n) is 48.0. The van der Waals surface area contributed by atoms with Gasteiger partial charge in [0.15, 0.2) is 5.82 Å². The number of carbonyl (C=O) groups is 3. The van der Waals surface area contributed by atoms with Crippen LogP contribution in [0.3, 0.4) is 0 Å². The number of hydrogen-bond acceptors (Lipinski definition) is 19. The SMILES string of the molecule is N#CCCCOC(=O)N1CCc2nc(NC3Cc4ccccc4C3)ncc2C1.O=C(OCCCCl)N1CCc2nc(NC3Cc4ccccc4C3)ncc2C1.O=C(OCCCc1nn[nH]n1)N1CCc2nc(NC3Cc4ccccc4C3)ncc2C1. The van der Waals surface area contributed by atoms with Crippen molar-refractivity contribution >= 4 is 47.7 Å². The second-order valence-electron chi connectivity index (χ2n) is 22.1. The maximum Gasteiger partial charge on any atom is 0.410 e.